The molecule has 5 N–H and O–H groups in total. The van der Waals surface area contributed by atoms with Gasteiger partial charge in [0.05, 0.1) is 18.8 Å². The molecule has 8 nitrogen and oxygen atoms in total. The van der Waals surface area contributed by atoms with Gasteiger partial charge in [-0.1, -0.05) is 6.92 Å². The van der Waals surface area contributed by atoms with Crippen molar-refractivity contribution in [1.29, 1.82) is 0 Å². The third kappa shape index (κ3) is 2.28. The van der Waals surface area contributed by atoms with Gasteiger partial charge < -0.3 is 21.3 Å². The van der Waals surface area contributed by atoms with E-state index in [4.69, 9.17) is 15.9 Å². The van der Waals surface area contributed by atoms with Crippen LogP contribution in [0.3, 0.4) is 0 Å². The van der Waals surface area contributed by atoms with Gasteiger partial charge in [0.25, 0.3) is 5.91 Å². The van der Waals surface area contributed by atoms with Crippen LogP contribution in [0.1, 0.15) is 23.8 Å². The van der Waals surface area contributed by atoms with E-state index in [0.29, 0.717) is 6.42 Å². The molecule has 0 bridgehead atoms. The highest BCUT2D eigenvalue weighted by Crippen LogP contribution is 2.11. The topological polar surface area (TPSA) is 134 Å². The zero-order valence-electron chi connectivity index (χ0n) is 8.80. The quantitative estimate of drug-likeness (QED) is 0.484. The fraction of sp³-hybridized carbons (Fsp3) is 0.625. The number of nitrogens with one attached hydrogen (secondary N) is 1. The first kappa shape index (κ1) is 12.4. The fourth-order valence-corrected chi connectivity index (χ4v) is 1.09. The molecule has 0 aliphatic carbocycles. The Morgan fingerprint density at radius 2 is 2.12 bits per heavy atom. The van der Waals surface area contributed by atoms with Crippen LogP contribution in [0.5, 0.6) is 0 Å². The number of carbonyl (C=O) groups excluding carboxylic acids is 1. The van der Waals surface area contributed by atoms with Crippen molar-refractivity contribution in [3.05, 3.63) is 5.69 Å². The van der Waals surface area contributed by atoms with E-state index in [9.17, 15) is 4.79 Å². The highest BCUT2D eigenvalue weighted by molar-refractivity contribution is 5.96. The maximum Gasteiger partial charge on any atom is 0.278 e. The summed E-state index contributed by atoms with van der Waals surface area (Å²) >= 11 is 0. The Balaban J connectivity index is 2.81. The standard InChI is InChI=1S/C8H14N4O4/c1-2-8(3-13,4-14)10-7(15)5-6(9)12-16-11-5/h13-14H,2-4H2,1H3,(H2,9,12)(H,10,15). The molecule has 0 radical (unpaired) electrons. The predicted octanol–water partition coefficient (Wildman–Crippen LogP) is -1.48. The summed E-state index contributed by atoms with van der Waals surface area (Å²) in [6, 6.07) is 0. The summed E-state index contributed by atoms with van der Waals surface area (Å²) in [5.41, 5.74) is 4.07. The van der Waals surface area contributed by atoms with Crippen molar-refractivity contribution in [3.63, 3.8) is 0 Å². The Labute approximate surface area is 91.4 Å². The molecule has 0 spiro atoms. The lowest BCUT2D eigenvalue weighted by molar-refractivity contribution is 0.0646. The third-order valence-electron chi connectivity index (χ3n) is 2.39. The van der Waals surface area contributed by atoms with Crippen LogP contribution >= 0.6 is 0 Å². The van der Waals surface area contributed by atoms with Crippen LogP contribution < -0.4 is 11.1 Å². The van der Waals surface area contributed by atoms with Crippen LogP contribution in [0.4, 0.5) is 5.82 Å². The van der Waals surface area contributed by atoms with Gasteiger partial charge in [-0.2, -0.15) is 0 Å². The van der Waals surface area contributed by atoms with Gasteiger partial charge in [0, 0.05) is 0 Å². The van der Waals surface area contributed by atoms with Gasteiger partial charge in [0.2, 0.25) is 11.5 Å². The van der Waals surface area contributed by atoms with Crippen LogP contribution in [0.2, 0.25) is 0 Å². The lowest BCUT2D eigenvalue weighted by atomic mass is 9.98. The molecule has 1 aromatic heterocycles. The van der Waals surface area contributed by atoms with Crippen LogP contribution in [-0.4, -0.2) is 45.2 Å². The van der Waals surface area contributed by atoms with E-state index < -0.39 is 24.7 Å². The van der Waals surface area contributed by atoms with Crippen LogP contribution in [0.25, 0.3) is 0 Å². The molecule has 0 aliphatic heterocycles. The Hall–Kier alpha value is -1.67. The molecule has 90 valence electrons. The van der Waals surface area contributed by atoms with Crippen LogP contribution in [0.15, 0.2) is 4.63 Å². The van der Waals surface area contributed by atoms with Gasteiger partial charge in [-0.3, -0.25) is 4.79 Å². The molecule has 1 heterocycles. The highest BCUT2D eigenvalue weighted by atomic mass is 16.6. The highest BCUT2D eigenvalue weighted by Gasteiger charge is 2.30. The molecule has 0 aromatic carbocycles. The number of aromatic nitrogens is 2. The molecule has 8 heteroatoms. The first-order valence-electron chi connectivity index (χ1n) is 4.71. The number of nitrogens with zero attached hydrogens (tertiary/aromatic N) is 2. The second-order valence-electron chi connectivity index (χ2n) is 3.40. The van der Waals surface area contributed by atoms with Gasteiger partial charge in [0.1, 0.15) is 0 Å². The van der Waals surface area contributed by atoms with Crippen molar-refractivity contribution < 1.29 is 19.6 Å². The first-order chi connectivity index (χ1) is 7.58. The summed E-state index contributed by atoms with van der Waals surface area (Å²) in [5.74, 6) is -0.790. The SMILES string of the molecule is CCC(CO)(CO)NC(=O)c1nonc1N. The molecule has 0 saturated carbocycles. The van der Waals surface area contributed by atoms with Crippen molar-refractivity contribution in [2.75, 3.05) is 18.9 Å². The molecule has 0 saturated heterocycles. The van der Waals surface area contributed by atoms with E-state index in [2.05, 4.69) is 20.3 Å². The minimum atomic E-state index is -1.09. The van der Waals surface area contributed by atoms with E-state index >= 15 is 0 Å². The number of anilines is 1. The number of hydrogen-bond acceptors (Lipinski definition) is 7. The summed E-state index contributed by atoms with van der Waals surface area (Å²) < 4.78 is 4.27. The fourth-order valence-electron chi connectivity index (χ4n) is 1.09. The Kier molecular flexibility index (Phi) is 3.80. The molecule has 0 fully saturated rings. The van der Waals surface area contributed by atoms with Crippen LogP contribution in [-0.2, 0) is 0 Å². The Morgan fingerprint density at radius 3 is 2.50 bits per heavy atom. The van der Waals surface area contributed by atoms with Gasteiger partial charge in [-0.15, -0.1) is 0 Å². The molecule has 0 aliphatic rings. The van der Waals surface area contributed by atoms with E-state index in [-0.39, 0.29) is 11.5 Å². The minimum Gasteiger partial charge on any atom is -0.394 e. The van der Waals surface area contributed by atoms with Crippen molar-refractivity contribution in [1.82, 2.24) is 15.6 Å². The normalized spacial score (nSPS) is 11.4. The molecular weight excluding hydrogens is 216 g/mol. The number of aliphatic hydroxyl groups excluding tert-OH is 2. The lowest BCUT2D eigenvalue weighted by Crippen LogP contribution is -2.54. The lowest BCUT2D eigenvalue weighted by Gasteiger charge is -2.29. The smallest absolute Gasteiger partial charge is 0.278 e. The predicted molar refractivity (Wildman–Crippen MR) is 53.4 cm³/mol. The second kappa shape index (κ2) is 4.90. The van der Waals surface area contributed by atoms with Gasteiger partial charge >= 0.3 is 0 Å². The summed E-state index contributed by atoms with van der Waals surface area (Å²) in [4.78, 5) is 11.6. The monoisotopic (exact) mass is 230 g/mol. The number of aliphatic hydroxyl groups is 2. The third-order valence-corrected chi connectivity index (χ3v) is 2.39. The molecule has 1 amide bonds. The molecule has 1 aromatic rings. The average Bonchev–Trinajstić information content (AvgIpc) is 2.72. The number of hydrogen-bond donors (Lipinski definition) is 4. The van der Waals surface area contributed by atoms with E-state index in [1.807, 2.05) is 0 Å². The Morgan fingerprint density at radius 1 is 1.50 bits per heavy atom. The number of nitrogen functional groups attached to an aromatic ring is 1. The molecule has 16 heavy (non-hydrogen) atoms. The molecular formula is C8H14N4O4. The summed E-state index contributed by atoms with van der Waals surface area (Å²) in [6.07, 6.45) is 0.358. The molecule has 0 atom stereocenters. The number of nitrogens with two attached hydrogens (primary N) is 1. The summed E-state index contributed by atoms with van der Waals surface area (Å²) in [6.45, 7) is 0.935. The molecule has 1 rings (SSSR count). The largest absolute Gasteiger partial charge is 0.394 e. The maximum absolute atomic E-state index is 11.6. The van der Waals surface area contributed by atoms with Crippen molar-refractivity contribution in [2.45, 2.75) is 18.9 Å². The van der Waals surface area contributed by atoms with E-state index in [0.717, 1.165) is 0 Å². The van der Waals surface area contributed by atoms with Crippen molar-refractivity contribution in [2.24, 2.45) is 0 Å². The van der Waals surface area contributed by atoms with Crippen LogP contribution in [0, 0.1) is 0 Å². The number of carbonyl (C=O) groups is 1. The first-order valence-corrected chi connectivity index (χ1v) is 4.71. The van der Waals surface area contributed by atoms with Gasteiger partial charge in [-0.25, -0.2) is 4.63 Å². The Bertz CT molecular complexity index is 352. The minimum absolute atomic E-state index is 0.140. The number of amides is 1. The van der Waals surface area contributed by atoms with Gasteiger partial charge in [0.15, 0.2) is 0 Å². The van der Waals surface area contributed by atoms with Crippen molar-refractivity contribution in [3.8, 4) is 0 Å². The second-order valence-corrected chi connectivity index (χ2v) is 3.40. The maximum atomic E-state index is 11.6. The summed E-state index contributed by atoms with van der Waals surface area (Å²) in [5, 5.41) is 27.3. The van der Waals surface area contributed by atoms with E-state index in [1.54, 1.807) is 6.92 Å². The van der Waals surface area contributed by atoms with Crippen molar-refractivity contribution >= 4 is 11.7 Å². The number of rotatable bonds is 5. The summed E-state index contributed by atoms with van der Waals surface area (Å²) in [7, 11) is 0. The van der Waals surface area contributed by atoms with Gasteiger partial charge in [-0.05, 0) is 16.7 Å². The average molecular weight is 230 g/mol. The van der Waals surface area contributed by atoms with E-state index in [1.165, 1.54) is 0 Å². The molecule has 0 unspecified atom stereocenters. The zero-order chi connectivity index (χ0) is 12.2. The zero-order valence-corrected chi connectivity index (χ0v) is 8.80.